The van der Waals surface area contributed by atoms with Crippen molar-refractivity contribution in [3.05, 3.63) is 53.4 Å². The number of aromatic nitrogens is 2. The molecule has 142 valence electrons. The molecule has 0 spiro atoms. The second-order valence-corrected chi connectivity index (χ2v) is 6.95. The highest BCUT2D eigenvalue weighted by molar-refractivity contribution is 5.93. The summed E-state index contributed by atoms with van der Waals surface area (Å²) in [6.07, 6.45) is 2.33. The monoisotopic (exact) mass is 373 g/mol. The van der Waals surface area contributed by atoms with Crippen LogP contribution in [0.2, 0.25) is 0 Å². The fourth-order valence-electron chi connectivity index (χ4n) is 3.66. The molecule has 2 aromatic rings. The number of amides is 1. The topological polar surface area (TPSA) is 84.7 Å². The van der Waals surface area contributed by atoms with Gasteiger partial charge in [0.15, 0.2) is 5.69 Å². The summed E-state index contributed by atoms with van der Waals surface area (Å²) in [4.78, 5) is 29.8. The number of rotatable bonds is 3. The summed E-state index contributed by atoms with van der Waals surface area (Å²) in [6.45, 7) is 1.58. The average molecular weight is 373 g/mol. The molecule has 1 fully saturated rings. The van der Waals surface area contributed by atoms with Crippen LogP contribution in [0.25, 0.3) is 0 Å². The lowest BCUT2D eigenvalue weighted by Crippen LogP contribution is -2.41. The van der Waals surface area contributed by atoms with Gasteiger partial charge in [-0.2, -0.15) is 0 Å². The van der Waals surface area contributed by atoms with Crippen molar-refractivity contribution in [1.82, 2.24) is 14.5 Å². The third kappa shape index (κ3) is 3.44. The Balaban J connectivity index is 1.46. The number of nitrogens with zero attached hydrogens (tertiary/aromatic N) is 3. The lowest BCUT2D eigenvalue weighted by Gasteiger charge is -2.30. The second kappa shape index (κ2) is 7.11. The van der Waals surface area contributed by atoms with Crippen LogP contribution in [0.3, 0.4) is 0 Å². The zero-order valence-corrected chi connectivity index (χ0v) is 14.7. The molecule has 1 aromatic heterocycles. The van der Waals surface area contributed by atoms with Crippen LogP contribution in [0, 0.1) is 11.7 Å². The molecule has 0 unspecified atom stereocenters. The summed E-state index contributed by atoms with van der Waals surface area (Å²) < 4.78 is 20.9. The number of halogens is 1. The predicted molar refractivity (Wildman–Crippen MR) is 92.4 cm³/mol. The zero-order valence-electron chi connectivity index (χ0n) is 14.7. The molecule has 2 aliphatic rings. The third-order valence-electron chi connectivity index (χ3n) is 5.31. The molecule has 1 atom stereocenters. The number of hydrogen-bond acceptors (Lipinski definition) is 4. The lowest BCUT2D eigenvalue weighted by atomic mass is 9.97. The van der Waals surface area contributed by atoms with Crippen LogP contribution in [0.5, 0.6) is 0 Å². The number of fused-ring (bicyclic) bond motifs is 1. The fourth-order valence-corrected chi connectivity index (χ4v) is 3.66. The van der Waals surface area contributed by atoms with Crippen molar-refractivity contribution < 1.29 is 23.8 Å². The Labute approximate surface area is 155 Å². The summed E-state index contributed by atoms with van der Waals surface area (Å²) in [5.41, 5.74) is 1.96. The maximum atomic E-state index is 13.1. The third-order valence-corrected chi connectivity index (χ3v) is 5.31. The zero-order chi connectivity index (χ0) is 19.0. The SMILES string of the molecule is O=C(O)C1CCN(C(=O)c2ncn3c2CO[C@@H](c2ccc(F)cc2)C3)CC1. The molecule has 0 bridgehead atoms. The van der Waals surface area contributed by atoms with Crippen LogP contribution in [0.15, 0.2) is 30.6 Å². The minimum atomic E-state index is -0.804. The second-order valence-electron chi connectivity index (χ2n) is 6.95. The maximum absolute atomic E-state index is 13.1. The summed E-state index contributed by atoms with van der Waals surface area (Å²) >= 11 is 0. The van der Waals surface area contributed by atoms with Crippen molar-refractivity contribution in [3.8, 4) is 0 Å². The van der Waals surface area contributed by atoms with Crippen molar-refractivity contribution in [2.45, 2.75) is 32.1 Å². The van der Waals surface area contributed by atoms with Gasteiger partial charge >= 0.3 is 5.97 Å². The minimum absolute atomic E-state index is 0.184. The van der Waals surface area contributed by atoms with E-state index in [1.165, 1.54) is 12.1 Å². The molecule has 0 radical (unpaired) electrons. The first-order chi connectivity index (χ1) is 13.0. The van der Waals surface area contributed by atoms with Gasteiger partial charge in [-0.05, 0) is 30.5 Å². The van der Waals surface area contributed by atoms with E-state index in [1.807, 2.05) is 4.57 Å². The predicted octanol–water partition coefficient (Wildman–Crippen LogP) is 2.23. The Morgan fingerprint density at radius 1 is 1.19 bits per heavy atom. The summed E-state index contributed by atoms with van der Waals surface area (Å²) in [6, 6.07) is 6.19. The molecule has 4 rings (SSSR count). The van der Waals surface area contributed by atoms with Crippen LogP contribution in [-0.2, 0) is 22.7 Å². The lowest BCUT2D eigenvalue weighted by molar-refractivity contribution is -0.143. The Bertz CT molecular complexity index is 856. The van der Waals surface area contributed by atoms with E-state index >= 15 is 0 Å². The molecule has 1 saturated heterocycles. The van der Waals surface area contributed by atoms with Crippen LogP contribution in [0.4, 0.5) is 4.39 Å². The number of imidazole rings is 1. The fraction of sp³-hybridized carbons (Fsp3) is 0.421. The van der Waals surface area contributed by atoms with Gasteiger partial charge in [0.25, 0.3) is 5.91 Å². The van der Waals surface area contributed by atoms with Gasteiger partial charge in [0.05, 0.1) is 31.1 Å². The number of ether oxygens (including phenoxy) is 1. The number of benzene rings is 1. The van der Waals surface area contributed by atoms with Gasteiger partial charge in [-0.15, -0.1) is 0 Å². The molecule has 1 N–H and O–H groups in total. The summed E-state index contributed by atoms with van der Waals surface area (Å²) in [5.74, 6) is -1.67. The first-order valence-electron chi connectivity index (χ1n) is 8.96. The Morgan fingerprint density at radius 3 is 2.56 bits per heavy atom. The average Bonchev–Trinajstić information content (AvgIpc) is 3.11. The number of likely N-dealkylation sites (tertiary alicyclic amines) is 1. The van der Waals surface area contributed by atoms with E-state index in [-0.39, 0.29) is 30.4 Å². The van der Waals surface area contributed by atoms with Crippen LogP contribution < -0.4 is 0 Å². The molecular formula is C19H20FN3O4. The normalized spacial score (nSPS) is 20.3. The molecule has 1 amide bonds. The molecule has 2 aliphatic heterocycles. The van der Waals surface area contributed by atoms with Crippen molar-refractivity contribution in [2.24, 2.45) is 5.92 Å². The van der Waals surface area contributed by atoms with Gasteiger partial charge in [-0.3, -0.25) is 9.59 Å². The van der Waals surface area contributed by atoms with Crippen molar-refractivity contribution in [1.29, 1.82) is 0 Å². The summed E-state index contributed by atoms with van der Waals surface area (Å²) in [5, 5.41) is 9.08. The quantitative estimate of drug-likeness (QED) is 0.892. The molecule has 0 aliphatic carbocycles. The Hall–Kier alpha value is -2.74. The molecule has 3 heterocycles. The Morgan fingerprint density at radius 2 is 1.89 bits per heavy atom. The largest absolute Gasteiger partial charge is 0.481 e. The number of piperidine rings is 1. The highest BCUT2D eigenvalue weighted by atomic mass is 19.1. The van der Waals surface area contributed by atoms with E-state index in [2.05, 4.69) is 4.98 Å². The molecular weight excluding hydrogens is 353 g/mol. The van der Waals surface area contributed by atoms with E-state index in [1.54, 1.807) is 23.4 Å². The first kappa shape index (κ1) is 17.7. The molecule has 8 heteroatoms. The number of carboxylic acid groups (broad SMARTS) is 1. The standard InChI is InChI=1S/C19H20FN3O4/c20-14-3-1-12(2-4-14)16-9-23-11-21-17(15(23)10-27-16)18(24)22-7-5-13(6-8-22)19(25)26/h1-4,11,13,16H,5-10H2,(H,25,26)/t16-/m1/s1. The van der Waals surface area contributed by atoms with Gasteiger partial charge < -0.3 is 19.3 Å². The van der Waals surface area contributed by atoms with E-state index in [0.29, 0.717) is 38.2 Å². The van der Waals surface area contributed by atoms with Gasteiger partial charge in [0, 0.05) is 13.1 Å². The smallest absolute Gasteiger partial charge is 0.306 e. The Kier molecular flexibility index (Phi) is 4.65. The van der Waals surface area contributed by atoms with Crippen LogP contribution in [0.1, 0.15) is 40.7 Å². The van der Waals surface area contributed by atoms with Crippen molar-refractivity contribution in [3.63, 3.8) is 0 Å². The first-order valence-corrected chi connectivity index (χ1v) is 8.96. The highest BCUT2D eigenvalue weighted by Crippen LogP contribution is 2.29. The number of aliphatic carboxylic acids is 1. The van der Waals surface area contributed by atoms with Crippen LogP contribution >= 0.6 is 0 Å². The van der Waals surface area contributed by atoms with E-state index in [0.717, 1.165) is 11.3 Å². The van der Waals surface area contributed by atoms with Gasteiger partial charge in [-0.25, -0.2) is 9.37 Å². The molecule has 27 heavy (non-hydrogen) atoms. The van der Waals surface area contributed by atoms with E-state index in [9.17, 15) is 14.0 Å². The number of hydrogen-bond donors (Lipinski definition) is 1. The number of carbonyl (C=O) groups is 2. The molecule has 1 aromatic carbocycles. The van der Waals surface area contributed by atoms with Gasteiger partial charge in [-0.1, -0.05) is 12.1 Å². The minimum Gasteiger partial charge on any atom is -0.481 e. The molecule has 7 nitrogen and oxygen atoms in total. The van der Waals surface area contributed by atoms with Gasteiger partial charge in [0.2, 0.25) is 0 Å². The van der Waals surface area contributed by atoms with Gasteiger partial charge in [0.1, 0.15) is 11.9 Å². The van der Waals surface area contributed by atoms with Crippen LogP contribution in [-0.4, -0.2) is 44.5 Å². The van der Waals surface area contributed by atoms with Crippen molar-refractivity contribution >= 4 is 11.9 Å². The number of carbonyl (C=O) groups excluding carboxylic acids is 1. The van der Waals surface area contributed by atoms with E-state index < -0.39 is 5.97 Å². The van der Waals surface area contributed by atoms with Crippen molar-refractivity contribution in [2.75, 3.05) is 13.1 Å². The number of carboxylic acids is 1. The molecule has 0 saturated carbocycles. The summed E-state index contributed by atoms with van der Waals surface area (Å²) in [7, 11) is 0. The highest BCUT2D eigenvalue weighted by Gasteiger charge is 2.32. The van der Waals surface area contributed by atoms with E-state index in [4.69, 9.17) is 9.84 Å². The maximum Gasteiger partial charge on any atom is 0.306 e.